The molecule has 0 saturated heterocycles. The summed E-state index contributed by atoms with van der Waals surface area (Å²) in [6.07, 6.45) is 8.08. The van der Waals surface area contributed by atoms with Crippen LogP contribution in [-0.2, 0) is 19.6 Å². The zero-order valence-corrected chi connectivity index (χ0v) is 22.6. The van der Waals surface area contributed by atoms with Gasteiger partial charge in [-0.2, -0.15) is 0 Å². The Morgan fingerprint density at radius 3 is 2.21 bits per heavy atom. The summed E-state index contributed by atoms with van der Waals surface area (Å²) < 4.78 is 37.7. The average Bonchev–Trinajstić information content (AvgIpc) is 2.90. The third-order valence-electron chi connectivity index (χ3n) is 6.31. The molecule has 0 bridgehead atoms. The van der Waals surface area contributed by atoms with Gasteiger partial charge < -0.3 is 14.8 Å². The quantitative estimate of drug-likeness (QED) is 0.367. The van der Waals surface area contributed by atoms with Crippen LogP contribution < -0.4 is 14.8 Å². The first kappa shape index (κ1) is 29.1. The Morgan fingerprint density at radius 2 is 1.63 bits per heavy atom. The first-order valence-electron chi connectivity index (χ1n) is 13.0. The molecule has 1 aliphatic rings. The zero-order valence-electron chi connectivity index (χ0n) is 21.8. The maximum absolute atomic E-state index is 12.7. The van der Waals surface area contributed by atoms with Gasteiger partial charge in [-0.3, -0.25) is 9.59 Å². The van der Waals surface area contributed by atoms with Crippen LogP contribution in [-0.4, -0.2) is 37.5 Å². The fourth-order valence-corrected chi connectivity index (χ4v) is 5.27. The summed E-state index contributed by atoms with van der Waals surface area (Å²) in [6, 6.07) is 8.17. The Bertz CT molecular complexity index is 1190. The van der Waals surface area contributed by atoms with E-state index >= 15 is 0 Å². The Kier molecular flexibility index (Phi) is 10.6. The van der Waals surface area contributed by atoms with Gasteiger partial charge in [-0.05, 0) is 56.0 Å². The number of amides is 2. The molecule has 0 atom stereocenters. The second kappa shape index (κ2) is 13.9. The van der Waals surface area contributed by atoms with E-state index in [0.29, 0.717) is 5.69 Å². The van der Waals surface area contributed by atoms with Crippen LogP contribution in [0.5, 0.6) is 5.88 Å². The number of nitrogens with zero attached hydrogens (tertiary/aromatic N) is 1. The van der Waals surface area contributed by atoms with E-state index in [1.807, 2.05) is 18.6 Å². The molecule has 2 N–H and O–H groups in total. The topological polar surface area (TPSA) is 141 Å². The van der Waals surface area contributed by atoms with Crippen molar-refractivity contribution in [3.05, 3.63) is 48.2 Å². The molecule has 11 heteroatoms. The van der Waals surface area contributed by atoms with Crippen LogP contribution in [0.4, 0.5) is 10.5 Å². The molecule has 206 valence electrons. The molecule has 38 heavy (non-hydrogen) atoms. The third kappa shape index (κ3) is 8.54. The van der Waals surface area contributed by atoms with Crippen LogP contribution >= 0.6 is 0 Å². The predicted molar refractivity (Wildman–Crippen MR) is 141 cm³/mol. The highest BCUT2D eigenvalue weighted by atomic mass is 32.2. The molecule has 3 rings (SSSR count). The van der Waals surface area contributed by atoms with Gasteiger partial charge in [-0.15, -0.1) is 0 Å². The van der Waals surface area contributed by atoms with E-state index < -0.39 is 22.1 Å². The van der Waals surface area contributed by atoms with Crippen molar-refractivity contribution >= 4 is 33.7 Å². The fraction of sp³-hybridized carbons (Fsp3) is 0.481. The maximum atomic E-state index is 12.7. The summed E-state index contributed by atoms with van der Waals surface area (Å²) in [4.78, 5) is 40.7. The molecular formula is C27H35N3O7S. The Balaban J connectivity index is 1.55. The van der Waals surface area contributed by atoms with Crippen LogP contribution in [0.25, 0.3) is 0 Å². The number of carbonyl (C=O) groups is 3. The van der Waals surface area contributed by atoms with Gasteiger partial charge >= 0.3 is 6.16 Å². The molecule has 0 unspecified atom stereocenters. The lowest BCUT2D eigenvalue weighted by atomic mass is 9.88. The van der Waals surface area contributed by atoms with E-state index in [1.54, 1.807) is 0 Å². The molecule has 1 aromatic heterocycles. The van der Waals surface area contributed by atoms with Gasteiger partial charge in [0, 0.05) is 23.9 Å². The maximum Gasteiger partial charge on any atom is 0.515 e. The van der Waals surface area contributed by atoms with Crippen molar-refractivity contribution in [1.82, 2.24) is 9.71 Å². The van der Waals surface area contributed by atoms with Gasteiger partial charge in [0.1, 0.15) is 6.10 Å². The molecule has 1 aromatic carbocycles. The first-order chi connectivity index (χ1) is 18.2. The number of ether oxygens (including phenoxy) is 2. The summed E-state index contributed by atoms with van der Waals surface area (Å²) in [5, 5.41) is 2.82. The van der Waals surface area contributed by atoms with Crippen molar-refractivity contribution in [2.24, 2.45) is 5.92 Å². The number of hydrogen-bond donors (Lipinski definition) is 2. The van der Waals surface area contributed by atoms with Crippen molar-refractivity contribution < 1.29 is 32.3 Å². The number of hydrogen-bond acceptors (Lipinski definition) is 8. The molecule has 0 spiro atoms. The fourth-order valence-electron chi connectivity index (χ4n) is 4.29. The standard InChI is InChI=1S/C27H35N3O7S/c1-3-8-22(9-4-2)36-27(33)37-24-17-12-20(18-28-24)26(32)30-38(34,35)23-15-13-21(14-16-23)29-25(31)19-10-6-5-7-11-19/h12-19,22H,3-11H2,1-2H3,(H,29,31)(H,30,32). The number of aromatic nitrogens is 1. The Labute approximate surface area is 223 Å². The minimum atomic E-state index is -4.17. The van der Waals surface area contributed by atoms with Gasteiger partial charge in [0.15, 0.2) is 0 Å². The molecule has 2 amide bonds. The second-order valence-electron chi connectivity index (χ2n) is 9.34. The number of carbonyl (C=O) groups excluding carboxylic acids is 3. The Morgan fingerprint density at radius 1 is 0.974 bits per heavy atom. The smallest absolute Gasteiger partial charge is 0.431 e. The summed E-state index contributed by atoms with van der Waals surface area (Å²) >= 11 is 0. The van der Waals surface area contributed by atoms with Gasteiger partial charge in [-0.1, -0.05) is 46.0 Å². The van der Waals surface area contributed by atoms with E-state index in [2.05, 4.69) is 10.3 Å². The van der Waals surface area contributed by atoms with Crippen molar-refractivity contribution in [2.45, 2.75) is 82.6 Å². The molecule has 1 heterocycles. The normalized spacial score (nSPS) is 14.1. The molecule has 10 nitrogen and oxygen atoms in total. The number of anilines is 1. The van der Waals surface area contributed by atoms with Gasteiger partial charge in [0.2, 0.25) is 11.8 Å². The van der Waals surface area contributed by atoms with Crippen molar-refractivity contribution in [3.8, 4) is 5.88 Å². The lowest BCUT2D eigenvalue weighted by Crippen LogP contribution is -2.30. The van der Waals surface area contributed by atoms with Crippen molar-refractivity contribution in [2.75, 3.05) is 5.32 Å². The number of rotatable bonds is 11. The average molecular weight is 546 g/mol. The van der Waals surface area contributed by atoms with Crippen LogP contribution in [0.1, 0.15) is 82.0 Å². The molecule has 2 aromatic rings. The van der Waals surface area contributed by atoms with E-state index in [-0.39, 0.29) is 34.3 Å². The van der Waals surface area contributed by atoms with E-state index in [0.717, 1.165) is 64.0 Å². The van der Waals surface area contributed by atoms with E-state index in [1.165, 1.54) is 36.4 Å². The summed E-state index contributed by atoms with van der Waals surface area (Å²) in [7, 11) is -4.17. The SMILES string of the molecule is CCCC(CCC)OC(=O)Oc1ccc(C(=O)NS(=O)(=O)c2ccc(NC(=O)C3CCCCC3)cc2)cn1. The highest BCUT2D eigenvalue weighted by Gasteiger charge is 2.23. The first-order valence-corrected chi connectivity index (χ1v) is 14.5. The highest BCUT2D eigenvalue weighted by molar-refractivity contribution is 7.90. The molecular weight excluding hydrogens is 510 g/mol. The lowest BCUT2D eigenvalue weighted by molar-refractivity contribution is -0.120. The number of pyridine rings is 1. The van der Waals surface area contributed by atoms with Crippen LogP contribution in [0, 0.1) is 5.92 Å². The number of benzene rings is 1. The van der Waals surface area contributed by atoms with Gasteiger partial charge in [0.25, 0.3) is 15.9 Å². The van der Waals surface area contributed by atoms with Crippen LogP contribution in [0.15, 0.2) is 47.5 Å². The van der Waals surface area contributed by atoms with E-state index in [4.69, 9.17) is 9.47 Å². The number of nitrogens with one attached hydrogen (secondary N) is 2. The summed E-state index contributed by atoms with van der Waals surface area (Å²) in [5.74, 6) is -1.07. The van der Waals surface area contributed by atoms with Gasteiger partial charge in [0.05, 0.1) is 10.5 Å². The molecule has 0 radical (unpaired) electrons. The summed E-state index contributed by atoms with van der Waals surface area (Å²) in [5.41, 5.74) is 0.445. The van der Waals surface area contributed by atoms with Crippen molar-refractivity contribution in [1.29, 1.82) is 0 Å². The second-order valence-corrected chi connectivity index (χ2v) is 11.0. The van der Waals surface area contributed by atoms with Crippen LogP contribution in [0.2, 0.25) is 0 Å². The zero-order chi connectivity index (χ0) is 27.5. The van der Waals surface area contributed by atoms with E-state index in [9.17, 15) is 22.8 Å². The molecule has 1 aliphatic carbocycles. The minimum absolute atomic E-state index is 0.0264. The van der Waals surface area contributed by atoms with Gasteiger partial charge in [-0.25, -0.2) is 22.9 Å². The lowest BCUT2D eigenvalue weighted by Gasteiger charge is -2.20. The Hall–Kier alpha value is -3.47. The number of sulfonamides is 1. The minimum Gasteiger partial charge on any atom is -0.431 e. The predicted octanol–water partition coefficient (Wildman–Crippen LogP) is 5.20. The van der Waals surface area contributed by atoms with Crippen LogP contribution in [0.3, 0.4) is 0 Å². The molecule has 1 fully saturated rings. The molecule has 0 aliphatic heterocycles. The third-order valence-corrected chi connectivity index (χ3v) is 7.65. The summed E-state index contributed by atoms with van der Waals surface area (Å²) in [6.45, 7) is 3.99. The monoisotopic (exact) mass is 545 g/mol. The largest absolute Gasteiger partial charge is 0.515 e. The molecule has 1 saturated carbocycles. The highest BCUT2D eigenvalue weighted by Crippen LogP contribution is 2.25. The van der Waals surface area contributed by atoms with Crippen molar-refractivity contribution in [3.63, 3.8) is 0 Å².